The summed E-state index contributed by atoms with van der Waals surface area (Å²) >= 11 is 0. The summed E-state index contributed by atoms with van der Waals surface area (Å²) in [7, 11) is 0. The van der Waals surface area contributed by atoms with Gasteiger partial charge in [-0.25, -0.2) is 0 Å². The van der Waals surface area contributed by atoms with E-state index in [1.807, 2.05) is 0 Å². The summed E-state index contributed by atoms with van der Waals surface area (Å²) in [6.07, 6.45) is 19.1. The Labute approximate surface area is 163 Å². The molecule has 0 saturated heterocycles. The first-order valence-corrected chi connectivity index (χ1v) is 11.4. The third kappa shape index (κ3) is 12.2. The van der Waals surface area contributed by atoms with E-state index in [4.69, 9.17) is 0 Å². The highest BCUT2D eigenvalue weighted by atomic mass is 14.9. The standard InChI is InChI=1S/C24H44N2/c1-3-5-7-9-11-13-17-21-25-23-19-15-16-20-24(23)26-22-18-14-12-10-8-6-4-2/h15-16,19-20,25-26H,3-14,17-18,21-22H2,1-2H3. The highest BCUT2D eigenvalue weighted by Gasteiger charge is 2.00. The van der Waals surface area contributed by atoms with Crippen LogP contribution >= 0.6 is 0 Å². The highest BCUT2D eigenvalue weighted by molar-refractivity contribution is 5.68. The third-order valence-corrected chi connectivity index (χ3v) is 5.12. The first-order valence-electron chi connectivity index (χ1n) is 11.4. The van der Waals surface area contributed by atoms with Crippen LogP contribution in [0.4, 0.5) is 11.4 Å². The first kappa shape index (κ1) is 22.9. The van der Waals surface area contributed by atoms with E-state index in [0.717, 1.165) is 13.1 Å². The van der Waals surface area contributed by atoms with E-state index >= 15 is 0 Å². The topological polar surface area (TPSA) is 24.1 Å². The van der Waals surface area contributed by atoms with Crippen molar-refractivity contribution in [2.75, 3.05) is 23.7 Å². The lowest BCUT2D eigenvalue weighted by molar-refractivity contribution is 0.596. The molecule has 0 amide bonds. The molecule has 0 fully saturated rings. The van der Waals surface area contributed by atoms with Crippen molar-refractivity contribution in [2.45, 2.75) is 104 Å². The Bertz CT molecular complexity index is 377. The summed E-state index contributed by atoms with van der Waals surface area (Å²) < 4.78 is 0. The second-order valence-corrected chi connectivity index (χ2v) is 7.64. The maximum Gasteiger partial charge on any atom is 0.0575 e. The molecule has 2 nitrogen and oxygen atoms in total. The molecule has 0 heterocycles. The van der Waals surface area contributed by atoms with E-state index < -0.39 is 0 Å². The molecule has 1 rings (SSSR count). The number of hydrogen-bond donors (Lipinski definition) is 2. The van der Waals surface area contributed by atoms with E-state index in [9.17, 15) is 0 Å². The number of para-hydroxylation sites is 2. The molecule has 0 saturated carbocycles. The lowest BCUT2D eigenvalue weighted by Gasteiger charge is -2.14. The third-order valence-electron chi connectivity index (χ3n) is 5.12. The number of nitrogens with one attached hydrogen (secondary N) is 2. The van der Waals surface area contributed by atoms with Gasteiger partial charge in [-0.05, 0) is 25.0 Å². The van der Waals surface area contributed by atoms with Crippen molar-refractivity contribution in [3.05, 3.63) is 24.3 Å². The van der Waals surface area contributed by atoms with Crippen LogP contribution in [-0.4, -0.2) is 13.1 Å². The number of hydrogen-bond acceptors (Lipinski definition) is 2. The average Bonchev–Trinajstić information content (AvgIpc) is 2.67. The van der Waals surface area contributed by atoms with Crippen molar-refractivity contribution >= 4 is 11.4 Å². The van der Waals surface area contributed by atoms with Crippen LogP contribution in [0, 0.1) is 0 Å². The molecule has 0 aliphatic carbocycles. The molecule has 2 heteroatoms. The molecule has 2 N–H and O–H groups in total. The molecule has 1 aromatic rings. The molecule has 0 aliphatic heterocycles. The summed E-state index contributed by atoms with van der Waals surface area (Å²) in [5, 5.41) is 7.26. The lowest BCUT2D eigenvalue weighted by atomic mass is 10.1. The molecule has 0 aliphatic rings. The van der Waals surface area contributed by atoms with Gasteiger partial charge >= 0.3 is 0 Å². The van der Waals surface area contributed by atoms with Gasteiger partial charge in [0.1, 0.15) is 0 Å². The van der Waals surface area contributed by atoms with Crippen molar-refractivity contribution in [1.29, 1.82) is 0 Å². The Morgan fingerprint density at radius 2 is 0.846 bits per heavy atom. The number of anilines is 2. The van der Waals surface area contributed by atoms with E-state index in [-0.39, 0.29) is 0 Å². The molecule has 0 bridgehead atoms. The van der Waals surface area contributed by atoms with Crippen molar-refractivity contribution in [1.82, 2.24) is 0 Å². The molecule has 26 heavy (non-hydrogen) atoms. The predicted molar refractivity (Wildman–Crippen MR) is 119 cm³/mol. The Balaban J connectivity index is 2.10. The first-order chi connectivity index (χ1) is 12.9. The zero-order valence-corrected chi connectivity index (χ0v) is 17.6. The Morgan fingerprint density at radius 3 is 1.23 bits per heavy atom. The van der Waals surface area contributed by atoms with Gasteiger partial charge in [0.15, 0.2) is 0 Å². The Morgan fingerprint density at radius 1 is 0.500 bits per heavy atom. The summed E-state index contributed by atoms with van der Waals surface area (Å²) in [6.45, 7) is 6.74. The fraction of sp³-hybridized carbons (Fsp3) is 0.750. The largest absolute Gasteiger partial charge is 0.383 e. The molecule has 0 atom stereocenters. The van der Waals surface area contributed by atoms with E-state index in [1.165, 1.54) is 101 Å². The smallest absolute Gasteiger partial charge is 0.0575 e. The maximum atomic E-state index is 3.63. The van der Waals surface area contributed by atoms with Crippen LogP contribution in [0.3, 0.4) is 0 Å². The molecule has 0 aromatic heterocycles. The second kappa shape index (κ2) is 17.2. The van der Waals surface area contributed by atoms with Crippen LogP contribution in [0.2, 0.25) is 0 Å². The maximum absolute atomic E-state index is 3.63. The number of unbranched alkanes of at least 4 members (excludes halogenated alkanes) is 12. The monoisotopic (exact) mass is 360 g/mol. The van der Waals surface area contributed by atoms with E-state index in [0.29, 0.717) is 0 Å². The molecular weight excluding hydrogens is 316 g/mol. The summed E-state index contributed by atoms with van der Waals surface area (Å²) in [5.41, 5.74) is 2.53. The van der Waals surface area contributed by atoms with Crippen LogP contribution in [0.25, 0.3) is 0 Å². The second-order valence-electron chi connectivity index (χ2n) is 7.64. The SMILES string of the molecule is CCCCCCCCCNc1ccccc1NCCCCCCCCC. The van der Waals surface area contributed by atoms with Crippen LogP contribution in [0.1, 0.15) is 104 Å². The van der Waals surface area contributed by atoms with Gasteiger partial charge in [0.2, 0.25) is 0 Å². The van der Waals surface area contributed by atoms with Crippen LogP contribution in [0.15, 0.2) is 24.3 Å². The fourth-order valence-corrected chi connectivity index (χ4v) is 3.40. The molecule has 150 valence electrons. The van der Waals surface area contributed by atoms with Gasteiger partial charge in [-0.2, -0.15) is 0 Å². The van der Waals surface area contributed by atoms with Gasteiger partial charge in [0.05, 0.1) is 11.4 Å². The fourth-order valence-electron chi connectivity index (χ4n) is 3.40. The molecule has 0 radical (unpaired) electrons. The molecule has 0 spiro atoms. The zero-order valence-electron chi connectivity index (χ0n) is 17.6. The Hall–Kier alpha value is -1.18. The number of rotatable bonds is 18. The van der Waals surface area contributed by atoms with Crippen molar-refractivity contribution in [2.24, 2.45) is 0 Å². The van der Waals surface area contributed by atoms with Crippen molar-refractivity contribution < 1.29 is 0 Å². The quantitative estimate of drug-likeness (QED) is 0.259. The van der Waals surface area contributed by atoms with Gasteiger partial charge in [-0.3, -0.25) is 0 Å². The van der Waals surface area contributed by atoms with Crippen LogP contribution < -0.4 is 10.6 Å². The van der Waals surface area contributed by atoms with Crippen molar-refractivity contribution in [3.8, 4) is 0 Å². The Kier molecular flexibility index (Phi) is 15.2. The van der Waals surface area contributed by atoms with Gasteiger partial charge in [0, 0.05) is 13.1 Å². The minimum atomic E-state index is 1.09. The average molecular weight is 361 g/mol. The van der Waals surface area contributed by atoms with Crippen LogP contribution in [-0.2, 0) is 0 Å². The zero-order chi connectivity index (χ0) is 18.7. The molecule has 0 unspecified atom stereocenters. The minimum absolute atomic E-state index is 1.09. The predicted octanol–water partition coefficient (Wildman–Crippen LogP) is 8.01. The lowest BCUT2D eigenvalue weighted by Crippen LogP contribution is -2.07. The molecule has 1 aromatic carbocycles. The van der Waals surface area contributed by atoms with Crippen molar-refractivity contribution in [3.63, 3.8) is 0 Å². The van der Waals surface area contributed by atoms with Gasteiger partial charge < -0.3 is 10.6 Å². The van der Waals surface area contributed by atoms with Gasteiger partial charge in [-0.15, -0.1) is 0 Å². The van der Waals surface area contributed by atoms with Crippen LogP contribution in [0.5, 0.6) is 0 Å². The molecular formula is C24H44N2. The van der Waals surface area contributed by atoms with E-state index in [1.54, 1.807) is 0 Å². The normalized spacial score (nSPS) is 10.8. The summed E-state index contributed by atoms with van der Waals surface area (Å²) in [4.78, 5) is 0. The summed E-state index contributed by atoms with van der Waals surface area (Å²) in [6, 6.07) is 8.67. The van der Waals surface area contributed by atoms with E-state index in [2.05, 4.69) is 48.7 Å². The van der Waals surface area contributed by atoms with Gasteiger partial charge in [-0.1, -0.05) is 103 Å². The minimum Gasteiger partial charge on any atom is -0.383 e. The van der Waals surface area contributed by atoms with Gasteiger partial charge in [0.25, 0.3) is 0 Å². The number of benzene rings is 1. The summed E-state index contributed by atoms with van der Waals surface area (Å²) in [5.74, 6) is 0. The highest BCUT2D eigenvalue weighted by Crippen LogP contribution is 2.21.